The van der Waals surface area contributed by atoms with Crippen LogP contribution in [-0.2, 0) is 0 Å². The SMILES string of the molecule is CCC(CC)N1CCC2=C1N1NCC(c3c(C)cc(C)cc3C)=C1NC2. The Hall–Kier alpha value is -1.94. The quantitative estimate of drug-likeness (QED) is 0.863. The Morgan fingerprint density at radius 3 is 2.38 bits per heavy atom. The molecule has 3 heterocycles. The lowest BCUT2D eigenvalue weighted by molar-refractivity contribution is 0.165. The fourth-order valence-electron chi connectivity index (χ4n) is 5.09. The Morgan fingerprint density at radius 2 is 1.73 bits per heavy atom. The molecule has 3 aliphatic heterocycles. The smallest absolute Gasteiger partial charge is 0.128 e. The van der Waals surface area contributed by atoms with E-state index in [0.717, 1.165) is 19.6 Å². The van der Waals surface area contributed by atoms with Crippen molar-refractivity contribution in [1.29, 1.82) is 0 Å². The third-order valence-corrected chi connectivity index (χ3v) is 6.21. The van der Waals surface area contributed by atoms with Crippen molar-refractivity contribution in [3.63, 3.8) is 0 Å². The zero-order valence-electron chi connectivity index (χ0n) is 16.9. The molecule has 1 aromatic rings. The van der Waals surface area contributed by atoms with Crippen LogP contribution in [0, 0.1) is 20.8 Å². The van der Waals surface area contributed by atoms with Gasteiger partial charge < -0.3 is 10.2 Å². The van der Waals surface area contributed by atoms with Crippen molar-refractivity contribution >= 4 is 5.57 Å². The first-order valence-corrected chi connectivity index (χ1v) is 10.1. The second kappa shape index (κ2) is 6.66. The van der Waals surface area contributed by atoms with E-state index in [1.165, 1.54) is 58.7 Å². The van der Waals surface area contributed by atoms with E-state index in [4.69, 9.17) is 0 Å². The molecule has 0 bridgehead atoms. The minimum Gasteiger partial charge on any atom is -0.366 e. The van der Waals surface area contributed by atoms with Gasteiger partial charge in [0.1, 0.15) is 11.6 Å². The molecule has 0 aromatic heterocycles. The zero-order chi connectivity index (χ0) is 18.4. The van der Waals surface area contributed by atoms with Crippen molar-refractivity contribution < 1.29 is 0 Å². The van der Waals surface area contributed by atoms with Crippen LogP contribution in [0.3, 0.4) is 0 Å². The molecule has 4 heteroatoms. The highest BCUT2D eigenvalue weighted by Crippen LogP contribution is 2.38. The molecule has 0 fully saturated rings. The average molecular weight is 353 g/mol. The minimum atomic E-state index is 0.635. The molecule has 0 saturated heterocycles. The molecule has 4 nitrogen and oxygen atoms in total. The normalized spacial score (nSPS) is 19.5. The maximum atomic E-state index is 3.72. The van der Waals surface area contributed by atoms with Crippen LogP contribution in [0.25, 0.3) is 5.57 Å². The third-order valence-electron chi connectivity index (χ3n) is 6.21. The summed E-state index contributed by atoms with van der Waals surface area (Å²) in [6.45, 7) is 14.3. The third kappa shape index (κ3) is 2.62. The van der Waals surface area contributed by atoms with E-state index in [-0.39, 0.29) is 0 Å². The molecule has 0 saturated carbocycles. The number of nitrogens with zero attached hydrogens (tertiary/aromatic N) is 2. The molecule has 0 atom stereocenters. The molecule has 0 aliphatic carbocycles. The molecule has 3 aliphatic rings. The number of fused-ring (bicyclic) bond motifs is 2. The molecular formula is C22H32N4. The van der Waals surface area contributed by atoms with E-state index in [1.54, 1.807) is 5.57 Å². The van der Waals surface area contributed by atoms with Gasteiger partial charge in [0.25, 0.3) is 0 Å². The Kier molecular flexibility index (Phi) is 4.47. The van der Waals surface area contributed by atoms with Crippen LogP contribution in [0.1, 0.15) is 55.4 Å². The van der Waals surface area contributed by atoms with Crippen molar-refractivity contribution in [2.45, 2.75) is 59.9 Å². The van der Waals surface area contributed by atoms with Gasteiger partial charge in [-0.2, -0.15) is 0 Å². The predicted molar refractivity (Wildman–Crippen MR) is 108 cm³/mol. The number of rotatable bonds is 4. The van der Waals surface area contributed by atoms with Gasteiger partial charge in [0.2, 0.25) is 0 Å². The van der Waals surface area contributed by atoms with Gasteiger partial charge in [0, 0.05) is 31.2 Å². The summed E-state index contributed by atoms with van der Waals surface area (Å²) >= 11 is 0. The second-order valence-electron chi connectivity index (χ2n) is 7.97. The van der Waals surface area contributed by atoms with Crippen LogP contribution in [0.2, 0.25) is 0 Å². The lowest BCUT2D eigenvalue weighted by Gasteiger charge is -2.38. The van der Waals surface area contributed by atoms with Crippen molar-refractivity contribution in [2.24, 2.45) is 0 Å². The van der Waals surface area contributed by atoms with E-state index in [2.05, 4.69) is 67.4 Å². The molecule has 1 aromatic carbocycles. The zero-order valence-corrected chi connectivity index (χ0v) is 16.9. The van der Waals surface area contributed by atoms with Gasteiger partial charge in [-0.05, 0) is 62.3 Å². The monoisotopic (exact) mass is 352 g/mol. The standard InChI is InChI=1S/C22H32N4/c1-6-18(7-2)25-9-8-17-12-23-21-19(13-24-26(21)22(17)25)20-15(4)10-14(3)11-16(20)5/h10-11,18,23-24H,6-9,12-13H2,1-5H3. The number of hydrogen-bond acceptors (Lipinski definition) is 4. The Labute approximate surface area is 157 Å². The van der Waals surface area contributed by atoms with Gasteiger partial charge in [-0.15, -0.1) is 0 Å². The van der Waals surface area contributed by atoms with E-state index in [9.17, 15) is 0 Å². The topological polar surface area (TPSA) is 30.5 Å². The highest BCUT2D eigenvalue weighted by atomic mass is 15.6. The van der Waals surface area contributed by atoms with Crippen LogP contribution >= 0.6 is 0 Å². The lowest BCUT2D eigenvalue weighted by Crippen LogP contribution is -2.47. The molecule has 0 spiro atoms. The molecule has 0 amide bonds. The highest BCUT2D eigenvalue weighted by molar-refractivity contribution is 5.76. The Bertz CT molecular complexity index is 762. The summed E-state index contributed by atoms with van der Waals surface area (Å²) in [5.41, 5.74) is 12.1. The first-order chi connectivity index (χ1) is 12.5. The molecule has 2 N–H and O–H groups in total. The molecule has 0 radical (unpaired) electrons. The van der Waals surface area contributed by atoms with Crippen LogP contribution in [0.4, 0.5) is 0 Å². The van der Waals surface area contributed by atoms with E-state index in [0.29, 0.717) is 6.04 Å². The van der Waals surface area contributed by atoms with Crippen LogP contribution in [0.15, 0.2) is 29.3 Å². The molecule has 26 heavy (non-hydrogen) atoms. The minimum absolute atomic E-state index is 0.635. The second-order valence-corrected chi connectivity index (χ2v) is 7.97. The maximum absolute atomic E-state index is 3.72. The number of benzene rings is 1. The van der Waals surface area contributed by atoms with Gasteiger partial charge in [-0.1, -0.05) is 31.5 Å². The average Bonchev–Trinajstić information content (AvgIpc) is 3.20. The molecular weight excluding hydrogens is 320 g/mol. The van der Waals surface area contributed by atoms with Gasteiger partial charge in [-0.25, -0.2) is 10.4 Å². The summed E-state index contributed by atoms with van der Waals surface area (Å²) in [5.74, 6) is 2.68. The molecule has 4 rings (SSSR count). The Balaban J connectivity index is 1.75. The van der Waals surface area contributed by atoms with Crippen molar-refractivity contribution in [1.82, 2.24) is 20.7 Å². The first kappa shape index (κ1) is 17.5. The highest BCUT2D eigenvalue weighted by Gasteiger charge is 2.39. The summed E-state index contributed by atoms with van der Waals surface area (Å²) < 4.78 is 0. The fourth-order valence-corrected chi connectivity index (χ4v) is 5.09. The summed E-state index contributed by atoms with van der Waals surface area (Å²) in [6.07, 6.45) is 3.59. The number of hydrazine groups is 1. The largest absolute Gasteiger partial charge is 0.366 e. The fraction of sp³-hybridized carbons (Fsp3) is 0.545. The van der Waals surface area contributed by atoms with Crippen LogP contribution < -0.4 is 10.7 Å². The summed E-state index contributed by atoms with van der Waals surface area (Å²) in [7, 11) is 0. The van der Waals surface area contributed by atoms with E-state index < -0.39 is 0 Å². The summed E-state index contributed by atoms with van der Waals surface area (Å²) in [6, 6.07) is 5.24. The van der Waals surface area contributed by atoms with Crippen LogP contribution in [-0.4, -0.2) is 35.6 Å². The Morgan fingerprint density at radius 1 is 1.04 bits per heavy atom. The van der Waals surface area contributed by atoms with Gasteiger partial charge in [-0.3, -0.25) is 0 Å². The predicted octanol–water partition coefficient (Wildman–Crippen LogP) is 3.81. The number of nitrogens with one attached hydrogen (secondary N) is 2. The molecule has 0 unspecified atom stereocenters. The van der Waals surface area contributed by atoms with Gasteiger partial charge >= 0.3 is 0 Å². The summed E-state index contributed by atoms with van der Waals surface area (Å²) in [5, 5.41) is 6.07. The van der Waals surface area contributed by atoms with Crippen molar-refractivity contribution in [3.8, 4) is 0 Å². The lowest BCUT2D eigenvalue weighted by atomic mass is 9.93. The molecule has 140 valence electrons. The van der Waals surface area contributed by atoms with E-state index >= 15 is 0 Å². The number of aryl methyl sites for hydroxylation is 3. The number of hydrogen-bond donors (Lipinski definition) is 2. The first-order valence-electron chi connectivity index (χ1n) is 10.1. The van der Waals surface area contributed by atoms with Gasteiger partial charge in [0.15, 0.2) is 0 Å². The van der Waals surface area contributed by atoms with Crippen molar-refractivity contribution in [3.05, 3.63) is 51.6 Å². The van der Waals surface area contributed by atoms with Crippen molar-refractivity contribution in [2.75, 3.05) is 19.6 Å². The maximum Gasteiger partial charge on any atom is 0.128 e. The summed E-state index contributed by atoms with van der Waals surface area (Å²) in [4.78, 5) is 2.64. The van der Waals surface area contributed by atoms with Crippen LogP contribution in [0.5, 0.6) is 0 Å². The van der Waals surface area contributed by atoms with Gasteiger partial charge in [0.05, 0.1) is 0 Å². The van der Waals surface area contributed by atoms with E-state index in [1.807, 2.05) is 0 Å².